The number of aliphatic hydroxyl groups excluding tert-OH is 2. The van der Waals surface area contributed by atoms with Gasteiger partial charge in [0.05, 0.1) is 13.2 Å². The number of carbonyl (C=O) groups is 1. The van der Waals surface area contributed by atoms with Crippen LogP contribution in [0.5, 0.6) is 0 Å². The van der Waals surface area contributed by atoms with E-state index in [0.29, 0.717) is 26.2 Å². The molecule has 0 radical (unpaired) electrons. The highest BCUT2D eigenvalue weighted by Gasteiger charge is 2.45. The van der Waals surface area contributed by atoms with E-state index in [1.165, 1.54) is 0 Å². The quantitative estimate of drug-likeness (QED) is 0.491. The molecule has 7 nitrogen and oxygen atoms in total. The topological polar surface area (TPSA) is 93.3 Å². The zero-order chi connectivity index (χ0) is 13.7. The van der Waals surface area contributed by atoms with E-state index in [4.69, 9.17) is 15.9 Å². The maximum absolute atomic E-state index is 12.0. The number of aliphatic hydroxyl groups is 2. The van der Waals surface area contributed by atoms with Crippen molar-refractivity contribution in [2.24, 2.45) is 5.73 Å². The molecule has 0 aromatic rings. The number of hydrogen-bond acceptors (Lipinski definition) is 6. The summed E-state index contributed by atoms with van der Waals surface area (Å²) in [7, 11) is 0. The summed E-state index contributed by atoms with van der Waals surface area (Å²) in [5.74, 6) is -0.106. The van der Waals surface area contributed by atoms with Gasteiger partial charge in [0.25, 0.3) is 5.91 Å². The first-order valence-electron chi connectivity index (χ1n) is 6.41. The zero-order valence-corrected chi connectivity index (χ0v) is 11.1. The van der Waals surface area contributed by atoms with Crippen LogP contribution in [0.15, 0.2) is 0 Å². The van der Waals surface area contributed by atoms with Crippen molar-refractivity contribution < 1.29 is 15.0 Å². The third-order valence-electron chi connectivity index (χ3n) is 3.25. The summed E-state index contributed by atoms with van der Waals surface area (Å²) in [6, 6.07) is -0.636. The predicted molar refractivity (Wildman–Crippen MR) is 67.3 cm³/mol. The first-order chi connectivity index (χ1) is 8.62. The second-order valence-corrected chi connectivity index (χ2v) is 4.23. The zero-order valence-electron chi connectivity index (χ0n) is 11.1. The molecule has 0 aromatic carbocycles. The fourth-order valence-corrected chi connectivity index (χ4v) is 2.50. The molecule has 1 amide bonds. The Kier molecular flexibility index (Phi) is 5.97. The van der Waals surface area contributed by atoms with Crippen LogP contribution in [-0.2, 0) is 4.79 Å². The predicted octanol–water partition coefficient (Wildman–Crippen LogP) is -1.97. The molecule has 2 unspecified atom stereocenters. The van der Waals surface area contributed by atoms with Crippen LogP contribution in [0.1, 0.15) is 13.8 Å². The molecule has 1 rings (SSSR count). The van der Waals surface area contributed by atoms with Crippen LogP contribution in [0.25, 0.3) is 0 Å². The summed E-state index contributed by atoms with van der Waals surface area (Å²) in [5, 5.41) is 21.7. The molecule has 1 fully saturated rings. The highest BCUT2D eigenvalue weighted by atomic mass is 16.3. The lowest BCUT2D eigenvalue weighted by atomic mass is 10.2. The summed E-state index contributed by atoms with van der Waals surface area (Å²) < 4.78 is 0. The Balaban J connectivity index is 2.91. The molecule has 0 spiro atoms. The summed E-state index contributed by atoms with van der Waals surface area (Å²) >= 11 is 0. The maximum atomic E-state index is 12.0. The number of nitrogens with zero attached hydrogens (tertiary/aromatic N) is 3. The fraction of sp³-hybridized carbons (Fsp3) is 0.909. The molecule has 18 heavy (non-hydrogen) atoms. The molecular formula is C11H24N4O3. The Morgan fingerprint density at radius 3 is 2.17 bits per heavy atom. The van der Waals surface area contributed by atoms with Crippen molar-refractivity contribution in [2.75, 3.05) is 39.4 Å². The van der Waals surface area contributed by atoms with Gasteiger partial charge in [-0.1, -0.05) is 6.92 Å². The number of carbonyl (C=O) groups excluding carboxylic acids is 1. The van der Waals surface area contributed by atoms with Gasteiger partial charge < -0.3 is 15.9 Å². The lowest BCUT2D eigenvalue weighted by Gasteiger charge is -2.37. The van der Waals surface area contributed by atoms with Crippen molar-refractivity contribution in [3.05, 3.63) is 0 Å². The van der Waals surface area contributed by atoms with Crippen molar-refractivity contribution in [2.45, 2.75) is 26.1 Å². The second-order valence-electron chi connectivity index (χ2n) is 4.23. The lowest BCUT2D eigenvalue weighted by Crippen LogP contribution is -2.55. The minimum absolute atomic E-state index is 0.0267. The molecule has 7 heteroatoms. The molecule has 1 heterocycles. The van der Waals surface area contributed by atoms with Crippen LogP contribution >= 0.6 is 0 Å². The normalized spacial score (nSPS) is 25.4. The Morgan fingerprint density at radius 2 is 1.78 bits per heavy atom. The maximum Gasteiger partial charge on any atom is 0.256 e. The summed E-state index contributed by atoms with van der Waals surface area (Å²) in [6.07, 6.45) is -0.290. The molecule has 0 bridgehead atoms. The van der Waals surface area contributed by atoms with Gasteiger partial charge in [-0.25, -0.2) is 0 Å². The first kappa shape index (κ1) is 15.3. The van der Waals surface area contributed by atoms with Crippen LogP contribution in [0.4, 0.5) is 0 Å². The Bertz CT molecular complexity index is 271. The van der Waals surface area contributed by atoms with Gasteiger partial charge >= 0.3 is 0 Å². The molecule has 1 saturated heterocycles. The van der Waals surface area contributed by atoms with E-state index in [9.17, 15) is 4.79 Å². The number of amides is 1. The molecule has 0 aliphatic carbocycles. The van der Waals surface area contributed by atoms with E-state index >= 15 is 0 Å². The van der Waals surface area contributed by atoms with Crippen LogP contribution in [-0.4, -0.2) is 82.6 Å². The van der Waals surface area contributed by atoms with Gasteiger partial charge in [-0.15, -0.1) is 0 Å². The number of hydrazine groups is 1. The SMILES string of the molecule is CCN1C(=O)C(N)C(N(CCO)CCO)N1CC. The van der Waals surface area contributed by atoms with Gasteiger partial charge in [0.1, 0.15) is 12.2 Å². The summed E-state index contributed by atoms with van der Waals surface area (Å²) in [6.45, 7) is 5.81. The lowest BCUT2D eigenvalue weighted by molar-refractivity contribution is -0.140. The fourth-order valence-electron chi connectivity index (χ4n) is 2.50. The monoisotopic (exact) mass is 260 g/mol. The Labute approximate surface area is 108 Å². The molecule has 106 valence electrons. The largest absolute Gasteiger partial charge is 0.395 e. The van der Waals surface area contributed by atoms with Crippen LogP contribution < -0.4 is 5.73 Å². The molecule has 0 aromatic heterocycles. The van der Waals surface area contributed by atoms with E-state index < -0.39 is 6.04 Å². The summed E-state index contributed by atoms with van der Waals surface area (Å²) in [5.41, 5.74) is 5.98. The van der Waals surface area contributed by atoms with Gasteiger partial charge in [0.15, 0.2) is 0 Å². The van der Waals surface area contributed by atoms with Crippen molar-refractivity contribution in [1.29, 1.82) is 0 Å². The Hall–Kier alpha value is -0.730. The van der Waals surface area contributed by atoms with Crippen LogP contribution in [0.3, 0.4) is 0 Å². The molecule has 2 atom stereocenters. The van der Waals surface area contributed by atoms with Crippen LogP contribution in [0.2, 0.25) is 0 Å². The van der Waals surface area contributed by atoms with E-state index in [1.54, 1.807) is 5.01 Å². The highest BCUT2D eigenvalue weighted by molar-refractivity contribution is 5.84. The smallest absolute Gasteiger partial charge is 0.256 e. The second kappa shape index (κ2) is 7.01. The van der Waals surface area contributed by atoms with E-state index in [2.05, 4.69) is 0 Å². The molecule has 1 aliphatic rings. The standard InChI is InChI=1S/C11H24N4O3/c1-3-14-10(13(5-7-16)6-8-17)9(12)11(18)15(14)4-2/h9-10,16-17H,3-8,12H2,1-2H3. The van der Waals surface area contributed by atoms with E-state index in [1.807, 2.05) is 23.8 Å². The molecule has 1 aliphatic heterocycles. The highest BCUT2D eigenvalue weighted by Crippen LogP contribution is 2.21. The summed E-state index contributed by atoms with van der Waals surface area (Å²) in [4.78, 5) is 13.9. The van der Waals surface area contributed by atoms with Gasteiger partial charge in [0, 0.05) is 26.2 Å². The minimum atomic E-state index is -0.636. The minimum Gasteiger partial charge on any atom is -0.395 e. The van der Waals surface area contributed by atoms with Gasteiger partial charge in [-0.05, 0) is 6.92 Å². The first-order valence-corrected chi connectivity index (χ1v) is 6.41. The molecular weight excluding hydrogens is 236 g/mol. The van der Waals surface area contributed by atoms with E-state index in [0.717, 1.165) is 0 Å². The van der Waals surface area contributed by atoms with Gasteiger partial charge in [-0.3, -0.25) is 14.7 Å². The Morgan fingerprint density at radius 1 is 1.22 bits per heavy atom. The number of likely N-dealkylation sites (N-methyl/N-ethyl adjacent to an activating group) is 2. The third-order valence-corrected chi connectivity index (χ3v) is 3.25. The molecule has 4 N–H and O–H groups in total. The number of rotatable bonds is 7. The third kappa shape index (κ3) is 2.81. The number of nitrogens with two attached hydrogens (primary N) is 1. The van der Waals surface area contributed by atoms with Crippen molar-refractivity contribution in [3.8, 4) is 0 Å². The van der Waals surface area contributed by atoms with Crippen LogP contribution in [0, 0.1) is 0 Å². The number of hydrogen-bond donors (Lipinski definition) is 3. The molecule has 0 saturated carbocycles. The van der Waals surface area contributed by atoms with Crippen molar-refractivity contribution in [1.82, 2.24) is 14.9 Å². The van der Waals surface area contributed by atoms with Gasteiger partial charge in [-0.2, -0.15) is 5.01 Å². The van der Waals surface area contributed by atoms with E-state index in [-0.39, 0.29) is 25.3 Å². The van der Waals surface area contributed by atoms with Crippen molar-refractivity contribution >= 4 is 5.91 Å². The van der Waals surface area contributed by atoms with Gasteiger partial charge in [0.2, 0.25) is 0 Å². The average molecular weight is 260 g/mol. The average Bonchev–Trinajstić information content (AvgIpc) is 2.61. The van der Waals surface area contributed by atoms with Crippen molar-refractivity contribution in [3.63, 3.8) is 0 Å².